The molecule has 22 heavy (non-hydrogen) atoms. The number of rotatable bonds is 8. The number of carboxylic acids is 1. The van der Waals surface area contributed by atoms with Crippen LogP contribution in [0.1, 0.15) is 30.6 Å². The van der Waals surface area contributed by atoms with Crippen LogP contribution in [0.2, 0.25) is 0 Å². The van der Waals surface area contributed by atoms with Gasteiger partial charge in [-0.1, -0.05) is 6.92 Å². The quantitative estimate of drug-likeness (QED) is 0.759. The lowest BCUT2D eigenvalue weighted by Crippen LogP contribution is -2.35. The molecule has 0 aromatic heterocycles. The molecule has 1 aromatic rings. The third-order valence-corrected chi connectivity index (χ3v) is 3.07. The van der Waals surface area contributed by atoms with Crippen LogP contribution in [0, 0.1) is 0 Å². The number of carbonyl (C=O) groups excluding carboxylic acids is 1. The van der Waals surface area contributed by atoms with Gasteiger partial charge in [0.15, 0.2) is 18.1 Å². The maximum Gasteiger partial charge on any atom is 0.335 e. The molecule has 7 heteroatoms. The Bertz CT molecular complexity index is 518. The molecule has 0 fully saturated rings. The summed E-state index contributed by atoms with van der Waals surface area (Å²) < 4.78 is 15.7. The fourth-order valence-corrected chi connectivity index (χ4v) is 1.70. The van der Waals surface area contributed by atoms with Crippen LogP contribution in [0.4, 0.5) is 0 Å². The van der Waals surface area contributed by atoms with Gasteiger partial charge in [-0.05, 0) is 25.5 Å². The Morgan fingerprint density at radius 1 is 1.23 bits per heavy atom. The molecule has 0 radical (unpaired) electrons. The summed E-state index contributed by atoms with van der Waals surface area (Å²) in [6.07, 6.45) is 0.811. The van der Waals surface area contributed by atoms with E-state index in [-0.39, 0.29) is 41.4 Å². The maximum absolute atomic E-state index is 11.7. The predicted octanol–water partition coefficient (Wildman–Crippen LogP) is 1.70. The molecule has 0 bridgehead atoms. The van der Waals surface area contributed by atoms with E-state index in [1.165, 1.54) is 26.4 Å². The molecule has 1 rings (SSSR count). The maximum atomic E-state index is 11.7. The molecular formula is C15H21NO6. The Balaban J connectivity index is 2.93. The Morgan fingerprint density at radius 2 is 1.77 bits per heavy atom. The highest BCUT2D eigenvalue weighted by atomic mass is 16.5. The number of ether oxygens (including phenoxy) is 3. The van der Waals surface area contributed by atoms with Crippen LogP contribution in [0.3, 0.4) is 0 Å². The summed E-state index contributed by atoms with van der Waals surface area (Å²) in [4.78, 5) is 22.8. The largest absolute Gasteiger partial charge is 0.493 e. The van der Waals surface area contributed by atoms with E-state index in [2.05, 4.69) is 5.32 Å². The number of aromatic carboxylic acids is 1. The number of benzene rings is 1. The Morgan fingerprint density at radius 3 is 2.18 bits per heavy atom. The van der Waals surface area contributed by atoms with Crippen molar-refractivity contribution in [2.24, 2.45) is 0 Å². The van der Waals surface area contributed by atoms with E-state index in [1.54, 1.807) is 0 Å². The molecule has 7 nitrogen and oxygen atoms in total. The summed E-state index contributed by atoms with van der Waals surface area (Å²) in [6.45, 7) is 3.63. The van der Waals surface area contributed by atoms with Gasteiger partial charge in [0.2, 0.25) is 5.75 Å². The van der Waals surface area contributed by atoms with Crippen LogP contribution in [-0.4, -0.2) is 43.9 Å². The van der Waals surface area contributed by atoms with Gasteiger partial charge in [0, 0.05) is 6.04 Å². The minimum Gasteiger partial charge on any atom is -0.493 e. The summed E-state index contributed by atoms with van der Waals surface area (Å²) in [6, 6.07) is 2.67. The van der Waals surface area contributed by atoms with Gasteiger partial charge in [-0.25, -0.2) is 4.79 Å². The summed E-state index contributed by atoms with van der Waals surface area (Å²) in [5.41, 5.74) is 0.00473. The lowest BCUT2D eigenvalue weighted by atomic mass is 10.2. The average molecular weight is 311 g/mol. The fraction of sp³-hybridized carbons (Fsp3) is 0.467. The second kappa shape index (κ2) is 8.11. The number of carboxylic acid groups (broad SMARTS) is 1. The van der Waals surface area contributed by atoms with Crippen molar-refractivity contribution in [3.8, 4) is 17.2 Å². The first-order chi connectivity index (χ1) is 10.4. The molecule has 0 spiro atoms. The van der Waals surface area contributed by atoms with Gasteiger partial charge in [-0.3, -0.25) is 4.79 Å². The number of amides is 1. The molecule has 1 unspecified atom stereocenters. The highest BCUT2D eigenvalue weighted by Gasteiger charge is 2.18. The number of nitrogens with one attached hydrogen (secondary N) is 1. The van der Waals surface area contributed by atoms with Gasteiger partial charge in [0.05, 0.1) is 19.8 Å². The zero-order chi connectivity index (χ0) is 16.7. The molecule has 0 aliphatic heterocycles. The molecule has 2 N–H and O–H groups in total. The predicted molar refractivity (Wildman–Crippen MR) is 79.9 cm³/mol. The van der Waals surface area contributed by atoms with Crippen molar-refractivity contribution in [2.75, 3.05) is 20.8 Å². The third kappa shape index (κ3) is 4.54. The smallest absolute Gasteiger partial charge is 0.335 e. The highest BCUT2D eigenvalue weighted by molar-refractivity contribution is 5.89. The highest BCUT2D eigenvalue weighted by Crippen LogP contribution is 2.38. The normalized spacial score (nSPS) is 11.5. The monoisotopic (exact) mass is 311 g/mol. The second-order valence-electron chi connectivity index (χ2n) is 4.68. The number of hydrogen-bond acceptors (Lipinski definition) is 5. The van der Waals surface area contributed by atoms with Gasteiger partial charge < -0.3 is 24.6 Å². The van der Waals surface area contributed by atoms with Crippen LogP contribution in [0.15, 0.2) is 12.1 Å². The Kier molecular flexibility index (Phi) is 6.49. The van der Waals surface area contributed by atoms with Crippen molar-refractivity contribution in [3.63, 3.8) is 0 Å². The molecule has 122 valence electrons. The average Bonchev–Trinajstić information content (AvgIpc) is 2.51. The Hall–Kier alpha value is -2.44. The van der Waals surface area contributed by atoms with E-state index < -0.39 is 5.97 Å². The first-order valence-electron chi connectivity index (χ1n) is 6.84. The lowest BCUT2D eigenvalue weighted by Gasteiger charge is -2.16. The minimum atomic E-state index is -1.11. The van der Waals surface area contributed by atoms with Crippen LogP contribution in [-0.2, 0) is 4.79 Å². The van der Waals surface area contributed by atoms with Crippen LogP contribution in [0.5, 0.6) is 17.2 Å². The van der Waals surface area contributed by atoms with Crippen molar-refractivity contribution in [2.45, 2.75) is 26.3 Å². The van der Waals surface area contributed by atoms with Gasteiger partial charge in [0.1, 0.15) is 0 Å². The van der Waals surface area contributed by atoms with Gasteiger partial charge in [0.25, 0.3) is 5.91 Å². The van der Waals surface area contributed by atoms with Crippen molar-refractivity contribution < 1.29 is 28.9 Å². The van der Waals surface area contributed by atoms with Gasteiger partial charge in [-0.2, -0.15) is 0 Å². The molecule has 1 atom stereocenters. The summed E-state index contributed by atoms with van der Waals surface area (Å²) in [5.74, 6) is -0.825. The molecule has 0 aliphatic carbocycles. The molecular weight excluding hydrogens is 290 g/mol. The lowest BCUT2D eigenvalue weighted by molar-refractivity contribution is -0.123. The number of hydrogen-bond donors (Lipinski definition) is 2. The molecule has 1 amide bonds. The van der Waals surface area contributed by atoms with E-state index in [4.69, 9.17) is 19.3 Å². The van der Waals surface area contributed by atoms with Crippen LogP contribution < -0.4 is 19.5 Å². The van der Waals surface area contributed by atoms with Crippen molar-refractivity contribution in [3.05, 3.63) is 17.7 Å². The van der Waals surface area contributed by atoms with E-state index in [1.807, 2.05) is 13.8 Å². The zero-order valence-corrected chi connectivity index (χ0v) is 13.1. The van der Waals surface area contributed by atoms with Gasteiger partial charge in [-0.15, -0.1) is 0 Å². The standard InChI is InChI=1S/C15H21NO6/c1-5-9(2)16-13(17)8-22-14-11(20-3)6-10(15(18)19)7-12(14)21-4/h6-7,9H,5,8H2,1-4H3,(H,16,17)(H,18,19). The Labute approximate surface area is 129 Å². The SMILES string of the molecule is CCC(C)NC(=O)COc1c(OC)cc(C(=O)O)cc1OC. The van der Waals surface area contributed by atoms with E-state index in [0.29, 0.717) is 0 Å². The third-order valence-electron chi connectivity index (χ3n) is 3.07. The molecule has 0 aliphatic rings. The number of methoxy groups -OCH3 is 2. The van der Waals surface area contributed by atoms with E-state index in [0.717, 1.165) is 6.42 Å². The van der Waals surface area contributed by atoms with Crippen molar-refractivity contribution >= 4 is 11.9 Å². The van der Waals surface area contributed by atoms with Gasteiger partial charge >= 0.3 is 5.97 Å². The second-order valence-corrected chi connectivity index (χ2v) is 4.68. The summed E-state index contributed by atoms with van der Waals surface area (Å²) in [7, 11) is 2.76. The number of carbonyl (C=O) groups is 2. The minimum absolute atomic E-state index is 0.00473. The molecule has 0 saturated heterocycles. The fourth-order valence-electron chi connectivity index (χ4n) is 1.70. The van der Waals surface area contributed by atoms with Crippen LogP contribution in [0.25, 0.3) is 0 Å². The van der Waals surface area contributed by atoms with Crippen molar-refractivity contribution in [1.29, 1.82) is 0 Å². The topological polar surface area (TPSA) is 94.1 Å². The molecule has 0 saturated carbocycles. The molecule has 0 heterocycles. The van der Waals surface area contributed by atoms with Crippen molar-refractivity contribution in [1.82, 2.24) is 5.32 Å². The van der Waals surface area contributed by atoms with E-state index >= 15 is 0 Å². The summed E-state index contributed by atoms with van der Waals surface area (Å²) >= 11 is 0. The summed E-state index contributed by atoms with van der Waals surface area (Å²) in [5, 5.41) is 11.8. The molecule has 1 aromatic carbocycles. The first-order valence-corrected chi connectivity index (χ1v) is 6.84. The first kappa shape index (κ1) is 17.6. The van der Waals surface area contributed by atoms with E-state index in [9.17, 15) is 9.59 Å². The van der Waals surface area contributed by atoms with Crippen LogP contribution >= 0.6 is 0 Å². The zero-order valence-electron chi connectivity index (χ0n) is 13.1.